The molecule has 1 aliphatic carbocycles. The molecule has 1 aromatic heterocycles. The fourth-order valence-corrected chi connectivity index (χ4v) is 5.25. The summed E-state index contributed by atoms with van der Waals surface area (Å²) in [6.07, 6.45) is 2.95. The first-order valence-corrected chi connectivity index (χ1v) is 12.1. The molecule has 4 rings (SSSR count). The minimum Gasteiger partial charge on any atom is -0.344 e. The van der Waals surface area contributed by atoms with Crippen molar-refractivity contribution in [1.29, 1.82) is 0 Å². The van der Waals surface area contributed by atoms with E-state index < -0.39 is 15.8 Å². The van der Waals surface area contributed by atoms with Gasteiger partial charge in [-0.15, -0.1) is 0 Å². The predicted octanol–water partition coefficient (Wildman–Crippen LogP) is 3.00. The van der Waals surface area contributed by atoms with Crippen LogP contribution in [0.4, 0.5) is 4.39 Å². The van der Waals surface area contributed by atoms with E-state index in [0.717, 1.165) is 25.0 Å². The molecule has 1 unspecified atom stereocenters. The van der Waals surface area contributed by atoms with E-state index in [-0.39, 0.29) is 41.8 Å². The second-order valence-corrected chi connectivity index (χ2v) is 10.6. The fraction of sp³-hybridized carbons (Fsp3) is 0.571. The van der Waals surface area contributed by atoms with Crippen LogP contribution < -0.4 is 5.32 Å². The van der Waals surface area contributed by atoms with Crippen molar-refractivity contribution in [3.63, 3.8) is 0 Å². The number of sulfonamides is 1. The molecule has 8 nitrogen and oxygen atoms in total. The average molecular weight is 451 g/mol. The summed E-state index contributed by atoms with van der Waals surface area (Å²) in [5, 5.41) is 7.06. The maximum atomic E-state index is 13.1. The minimum absolute atomic E-state index is 0.0551. The number of benzene rings is 1. The van der Waals surface area contributed by atoms with Crippen LogP contribution in [0.3, 0.4) is 0 Å². The third-order valence-electron chi connectivity index (χ3n) is 5.91. The van der Waals surface area contributed by atoms with E-state index in [9.17, 15) is 17.6 Å². The number of piperidine rings is 1. The average Bonchev–Trinajstić information content (AvgIpc) is 3.49. The summed E-state index contributed by atoms with van der Waals surface area (Å²) in [6.45, 7) is 4.42. The molecule has 2 heterocycles. The van der Waals surface area contributed by atoms with Gasteiger partial charge in [-0.3, -0.25) is 4.79 Å². The van der Waals surface area contributed by atoms with Gasteiger partial charge in [0, 0.05) is 24.9 Å². The van der Waals surface area contributed by atoms with E-state index in [1.807, 2.05) is 13.8 Å². The van der Waals surface area contributed by atoms with Crippen molar-refractivity contribution in [3.8, 4) is 0 Å². The quantitative estimate of drug-likeness (QED) is 0.695. The van der Waals surface area contributed by atoms with Gasteiger partial charge >= 0.3 is 0 Å². The van der Waals surface area contributed by atoms with Crippen molar-refractivity contribution in [2.45, 2.75) is 56.4 Å². The van der Waals surface area contributed by atoms with Crippen LogP contribution in [0, 0.1) is 17.7 Å². The summed E-state index contributed by atoms with van der Waals surface area (Å²) in [5.74, 6) is 0.634. The third-order valence-corrected chi connectivity index (χ3v) is 7.82. The highest BCUT2D eigenvalue weighted by Gasteiger charge is 2.35. The number of amides is 1. The Kier molecular flexibility index (Phi) is 6.11. The number of carbonyl (C=O) groups is 1. The Labute approximate surface area is 181 Å². The van der Waals surface area contributed by atoms with E-state index in [4.69, 9.17) is 4.52 Å². The first-order chi connectivity index (χ1) is 14.8. The van der Waals surface area contributed by atoms with Gasteiger partial charge in [-0.2, -0.15) is 9.29 Å². The Morgan fingerprint density at radius 2 is 1.81 bits per heavy atom. The van der Waals surface area contributed by atoms with Crippen LogP contribution in [0.15, 0.2) is 33.7 Å². The number of aromatic nitrogens is 2. The van der Waals surface area contributed by atoms with Crippen LogP contribution in [0.25, 0.3) is 0 Å². The zero-order valence-corrected chi connectivity index (χ0v) is 18.4. The number of rotatable bonds is 7. The van der Waals surface area contributed by atoms with Gasteiger partial charge in [0.15, 0.2) is 5.82 Å². The number of carbonyl (C=O) groups excluding carboxylic acids is 1. The highest BCUT2D eigenvalue weighted by molar-refractivity contribution is 7.89. The Hall–Kier alpha value is -2.33. The van der Waals surface area contributed by atoms with E-state index in [0.29, 0.717) is 30.5 Å². The van der Waals surface area contributed by atoms with Gasteiger partial charge in [-0.05, 0) is 55.9 Å². The Bertz CT molecular complexity index is 1030. The van der Waals surface area contributed by atoms with Crippen molar-refractivity contribution in [1.82, 2.24) is 19.8 Å². The number of nitrogens with zero attached hydrogens (tertiary/aromatic N) is 3. The number of hydrogen-bond acceptors (Lipinski definition) is 6. The fourth-order valence-electron chi connectivity index (χ4n) is 3.78. The highest BCUT2D eigenvalue weighted by atomic mass is 32.2. The Morgan fingerprint density at radius 1 is 1.16 bits per heavy atom. The molecular weight excluding hydrogens is 423 g/mol. The lowest BCUT2D eigenvalue weighted by Gasteiger charge is -2.31. The second-order valence-electron chi connectivity index (χ2n) is 8.63. The number of hydrogen-bond donors (Lipinski definition) is 1. The van der Waals surface area contributed by atoms with Gasteiger partial charge in [0.2, 0.25) is 21.8 Å². The molecule has 1 N–H and O–H groups in total. The molecule has 2 fully saturated rings. The van der Waals surface area contributed by atoms with Crippen LogP contribution in [-0.2, 0) is 14.8 Å². The Balaban J connectivity index is 1.37. The van der Waals surface area contributed by atoms with E-state index in [1.54, 1.807) is 0 Å². The van der Waals surface area contributed by atoms with Crippen molar-refractivity contribution in [2.75, 3.05) is 13.1 Å². The molecule has 2 aliphatic rings. The van der Waals surface area contributed by atoms with Crippen LogP contribution in [0.2, 0.25) is 0 Å². The number of nitrogens with one attached hydrogen (secondary N) is 1. The zero-order valence-electron chi connectivity index (χ0n) is 17.6. The summed E-state index contributed by atoms with van der Waals surface area (Å²) < 4.78 is 45.4. The van der Waals surface area contributed by atoms with Crippen molar-refractivity contribution in [2.24, 2.45) is 11.8 Å². The molecule has 1 saturated heterocycles. The van der Waals surface area contributed by atoms with Crippen molar-refractivity contribution in [3.05, 3.63) is 41.8 Å². The SMILES string of the molecule is CC(C)C(NC(=O)C1CCN(S(=O)(=O)c2ccc(F)cc2)CC1)c1nc(C2CC2)no1. The van der Waals surface area contributed by atoms with Gasteiger partial charge < -0.3 is 9.84 Å². The normalized spacial score (nSPS) is 19.5. The molecule has 168 valence electrons. The molecule has 1 atom stereocenters. The van der Waals surface area contributed by atoms with E-state index in [2.05, 4.69) is 15.5 Å². The summed E-state index contributed by atoms with van der Waals surface area (Å²) in [6, 6.07) is 4.40. The maximum Gasteiger partial charge on any atom is 0.249 e. The largest absolute Gasteiger partial charge is 0.344 e. The zero-order chi connectivity index (χ0) is 22.2. The second kappa shape index (κ2) is 8.66. The van der Waals surface area contributed by atoms with Crippen LogP contribution in [0.1, 0.15) is 63.2 Å². The number of halogens is 1. The standard InChI is InChI=1S/C21H27FN4O4S/c1-13(2)18(21-24-19(25-30-21)14-3-4-14)23-20(27)15-9-11-26(12-10-15)31(28,29)17-7-5-16(22)6-8-17/h5-8,13-15,18H,3-4,9-12H2,1-2H3,(H,23,27). The first-order valence-electron chi connectivity index (χ1n) is 10.7. The molecule has 1 saturated carbocycles. The molecule has 1 aromatic carbocycles. The van der Waals surface area contributed by atoms with E-state index >= 15 is 0 Å². The van der Waals surface area contributed by atoms with Gasteiger partial charge in [0.1, 0.15) is 11.9 Å². The lowest BCUT2D eigenvalue weighted by molar-refractivity contribution is -0.127. The van der Waals surface area contributed by atoms with Gasteiger partial charge in [-0.25, -0.2) is 12.8 Å². The topological polar surface area (TPSA) is 105 Å². The molecule has 31 heavy (non-hydrogen) atoms. The lowest BCUT2D eigenvalue weighted by atomic mass is 9.95. The maximum absolute atomic E-state index is 13.1. The third kappa shape index (κ3) is 4.79. The minimum atomic E-state index is -3.71. The summed E-state index contributed by atoms with van der Waals surface area (Å²) >= 11 is 0. The lowest BCUT2D eigenvalue weighted by Crippen LogP contribution is -2.44. The smallest absolute Gasteiger partial charge is 0.249 e. The Morgan fingerprint density at radius 3 is 2.39 bits per heavy atom. The van der Waals surface area contributed by atoms with Gasteiger partial charge in [0.05, 0.1) is 4.90 Å². The molecule has 1 aliphatic heterocycles. The summed E-state index contributed by atoms with van der Waals surface area (Å²) in [4.78, 5) is 17.4. The van der Waals surface area contributed by atoms with Gasteiger partial charge in [-0.1, -0.05) is 19.0 Å². The molecule has 1 amide bonds. The monoisotopic (exact) mass is 450 g/mol. The molecule has 10 heteroatoms. The summed E-state index contributed by atoms with van der Waals surface area (Å²) in [5.41, 5.74) is 0. The molecule has 0 bridgehead atoms. The molecule has 2 aromatic rings. The van der Waals surface area contributed by atoms with Crippen LogP contribution in [0.5, 0.6) is 0 Å². The van der Waals surface area contributed by atoms with Crippen molar-refractivity contribution >= 4 is 15.9 Å². The molecule has 0 spiro atoms. The summed E-state index contributed by atoms with van der Waals surface area (Å²) in [7, 11) is -3.71. The van der Waals surface area contributed by atoms with Crippen LogP contribution >= 0.6 is 0 Å². The first kappa shape index (κ1) is 21.9. The van der Waals surface area contributed by atoms with Gasteiger partial charge in [0.25, 0.3) is 0 Å². The molecule has 0 radical (unpaired) electrons. The van der Waals surface area contributed by atoms with Crippen LogP contribution in [-0.4, -0.2) is 41.9 Å². The van der Waals surface area contributed by atoms with Crippen molar-refractivity contribution < 1.29 is 22.1 Å². The van der Waals surface area contributed by atoms with E-state index in [1.165, 1.54) is 16.4 Å². The predicted molar refractivity (Wildman–Crippen MR) is 110 cm³/mol. The highest BCUT2D eigenvalue weighted by Crippen LogP contribution is 2.38. The molecular formula is C21H27FN4O4S.